The molecular formula is C21H24F4N4O5S2. The summed E-state index contributed by atoms with van der Waals surface area (Å²) in [5.74, 6) is -2.86. The van der Waals surface area contributed by atoms with E-state index >= 15 is 0 Å². The van der Waals surface area contributed by atoms with E-state index in [1.165, 1.54) is 30.0 Å². The maximum atomic E-state index is 14.3. The monoisotopic (exact) mass is 552 g/mol. The molecule has 2 aromatic rings. The third-order valence-electron chi connectivity index (χ3n) is 5.53. The van der Waals surface area contributed by atoms with Crippen LogP contribution < -0.4 is 14.9 Å². The second-order valence-corrected chi connectivity index (χ2v) is 12.4. The van der Waals surface area contributed by atoms with Crippen molar-refractivity contribution in [2.45, 2.75) is 25.6 Å². The highest BCUT2D eigenvalue weighted by atomic mass is 32.2. The lowest BCUT2D eigenvalue weighted by atomic mass is 9.99. The molecule has 2 heterocycles. The second kappa shape index (κ2) is 10.2. The van der Waals surface area contributed by atoms with Crippen LogP contribution in [0.15, 0.2) is 30.3 Å². The third-order valence-corrected chi connectivity index (χ3v) is 7.73. The summed E-state index contributed by atoms with van der Waals surface area (Å²) in [4.78, 5) is 17.8. The van der Waals surface area contributed by atoms with Gasteiger partial charge in [-0.05, 0) is 30.7 Å². The maximum absolute atomic E-state index is 14.3. The maximum Gasteiger partial charge on any atom is 0.433 e. The zero-order chi connectivity index (χ0) is 26.9. The predicted molar refractivity (Wildman–Crippen MR) is 125 cm³/mol. The first-order valence-corrected chi connectivity index (χ1v) is 14.3. The molecule has 3 rings (SSSR count). The molecule has 1 aliphatic heterocycles. The van der Waals surface area contributed by atoms with E-state index in [4.69, 9.17) is 0 Å². The summed E-state index contributed by atoms with van der Waals surface area (Å²) in [6.07, 6.45) is -3.85. The zero-order valence-corrected chi connectivity index (χ0v) is 20.9. The summed E-state index contributed by atoms with van der Waals surface area (Å²) in [7, 11) is -6.99. The fourth-order valence-corrected chi connectivity index (χ4v) is 5.31. The number of carbonyl (C=O) groups excluding carboxylic acids is 1. The number of nitrogens with zero attached hydrogens (tertiary/aromatic N) is 2. The van der Waals surface area contributed by atoms with Crippen LogP contribution in [0.3, 0.4) is 0 Å². The van der Waals surface area contributed by atoms with Crippen LogP contribution in [0.5, 0.6) is 0 Å². The highest BCUT2D eigenvalue weighted by Gasteiger charge is 2.34. The van der Waals surface area contributed by atoms with E-state index in [9.17, 15) is 39.2 Å². The van der Waals surface area contributed by atoms with Gasteiger partial charge in [-0.25, -0.2) is 26.2 Å². The molecule has 1 atom stereocenters. The third kappa shape index (κ3) is 7.06. The Morgan fingerprint density at radius 1 is 1.17 bits per heavy atom. The zero-order valence-electron chi connectivity index (χ0n) is 19.3. The number of rotatable bonds is 7. The van der Waals surface area contributed by atoms with Gasteiger partial charge >= 0.3 is 6.18 Å². The van der Waals surface area contributed by atoms with Crippen molar-refractivity contribution in [3.8, 4) is 0 Å². The highest BCUT2D eigenvalue weighted by molar-refractivity contribution is 7.92. The number of halogens is 4. The van der Waals surface area contributed by atoms with E-state index in [1.54, 1.807) is 0 Å². The molecule has 0 radical (unpaired) electrons. The first-order valence-electron chi connectivity index (χ1n) is 10.6. The largest absolute Gasteiger partial charge is 0.433 e. The minimum absolute atomic E-state index is 0.0405. The van der Waals surface area contributed by atoms with Gasteiger partial charge in [0.1, 0.15) is 17.3 Å². The molecule has 0 saturated carbocycles. The number of benzene rings is 1. The van der Waals surface area contributed by atoms with Crippen LogP contribution in [0, 0.1) is 5.82 Å². The molecule has 36 heavy (non-hydrogen) atoms. The smallest absolute Gasteiger partial charge is 0.354 e. The number of sulfone groups is 1. The molecule has 2 N–H and O–H groups in total. The molecule has 1 fully saturated rings. The van der Waals surface area contributed by atoms with Gasteiger partial charge in [0.15, 0.2) is 9.84 Å². The van der Waals surface area contributed by atoms with Crippen molar-refractivity contribution in [1.82, 2.24) is 10.3 Å². The lowest BCUT2D eigenvalue weighted by molar-refractivity contribution is -0.141. The number of pyridine rings is 1. The number of amides is 1. The standard InChI is InChI=1S/C21H24F4N4O5S2/c1-13(14-3-5-17(16(22)11-14)28-35(2,31)32)20(30)26-12-15-4-6-18(21(23,24)25)27-19(15)29-7-9-36(33,34)10-8-29/h3-6,11,13,28H,7-10,12H2,1-2H3,(H,26,30). The Bertz CT molecular complexity index is 1350. The fourth-order valence-electron chi connectivity index (χ4n) is 3.54. The molecule has 0 aliphatic carbocycles. The van der Waals surface area contributed by atoms with E-state index in [1.807, 2.05) is 4.72 Å². The number of carbonyl (C=O) groups is 1. The van der Waals surface area contributed by atoms with Crippen LogP contribution in [0.1, 0.15) is 29.7 Å². The van der Waals surface area contributed by atoms with E-state index in [-0.39, 0.29) is 53.8 Å². The molecule has 9 nitrogen and oxygen atoms in total. The number of sulfonamides is 1. The van der Waals surface area contributed by atoms with Crippen LogP contribution in [-0.2, 0) is 37.4 Å². The Morgan fingerprint density at radius 3 is 2.36 bits per heavy atom. The molecule has 1 unspecified atom stereocenters. The van der Waals surface area contributed by atoms with Crippen molar-refractivity contribution in [3.05, 3.63) is 53.0 Å². The van der Waals surface area contributed by atoms with Gasteiger partial charge in [0.25, 0.3) is 0 Å². The average Bonchev–Trinajstić information content (AvgIpc) is 2.77. The number of nitrogens with one attached hydrogen (secondary N) is 2. The van der Waals surface area contributed by atoms with Gasteiger partial charge < -0.3 is 10.2 Å². The minimum atomic E-state index is -4.71. The summed E-state index contributed by atoms with van der Waals surface area (Å²) in [6.45, 7) is 1.19. The van der Waals surface area contributed by atoms with Gasteiger partial charge in [0.2, 0.25) is 15.9 Å². The first-order chi connectivity index (χ1) is 16.6. The molecule has 1 saturated heterocycles. The number of hydrogen-bond donors (Lipinski definition) is 2. The first kappa shape index (κ1) is 27.6. The van der Waals surface area contributed by atoms with Crippen molar-refractivity contribution < 1.29 is 39.2 Å². The lowest BCUT2D eigenvalue weighted by Crippen LogP contribution is -2.41. The Hall–Kier alpha value is -2.94. The van der Waals surface area contributed by atoms with Gasteiger partial charge in [0, 0.05) is 25.2 Å². The average molecular weight is 553 g/mol. The van der Waals surface area contributed by atoms with Crippen LogP contribution in [0.4, 0.5) is 29.1 Å². The molecular weight excluding hydrogens is 528 g/mol. The second-order valence-electron chi connectivity index (χ2n) is 8.37. The Kier molecular flexibility index (Phi) is 7.83. The molecule has 0 bridgehead atoms. The topological polar surface area (TPSA) is 126 Å². The molecule has 198 valence electrons. The number of alkyl halides is 3. The summed E-state index contributed by atoms with van der Waals surface area (Å²) in [6, 6.07) is 5.51. The van der Waals surface area contributed by atoms with Crippen molar-refractivity contribution in [3.63, 3.8) is 0 Å². The van der Waals surface area contributed by atoms with Gasteiger partial charge in [-0.3, -0.25) is 9.52 Å². The summed E-state index contributed by atoms with van der Waals surface area (Å²) >= 11 is 0. The van der Waals surface area contributed by atoms with E-state index in [0.29, 0.717) is 0 Å². The summed E-state index contributed by atoms with van der Waals surface area (Å²) in [5, 5.41) is 2.58. The molecule has 15 heteroatoms. The van der Waals surface area contributed by atoms with Crippen molar-refractivity contribution in [1.29, 1.82) is 0 Å². The fraction of sp³-hybridized carbons (Fsp3) is 0.429. The molecule has 1 amide bonds. The lowest BCUT2D eigenvalue weighted by Gasteiger charge is -2.30. The normalized spacial score (nSPS) is 16.9. The van der Waals surface area contributed by atoms with Gasteiger partial charge in [-0.2, -0.15) is 13.2 Å². The minimum Gasteiger partial charge on any atom is -0.354 e. The van der Waals surface area contributed by atoms with Gasteiger partial charge in [0.05, 0.1) is 29.4 Å². The quantitative estimate of drug-likeness (QED) is 0.505. The van der Waals surface area contributed by atoms with Crippen LogP contribution >= 0.6 is 0 Å². The van der Waals surface area contributed by atoms with Crippen molar-refractivity contribution in [2.75, 3.05) is 40.5 Å². The number of aromatic nitrogens is 1. The van der Waals surface area contributed by atoms with E-state index in [2.05, 4.69) is 10.3 Å². The Morgan fingerprint density at radius 2 is 1.81 bits per heavy atom. The van der Waals surface area contributed by atoms with E-state index in [0.717, 1.165) is 18.4 Å². The van der Waals surface area contributed by atoms with Crippen molar-refractivity contribution >= 4 is 37.3 Å². The number of anilines is 2. The summed E-state index contributed by atoms with van der Waals surface area (Å²) in [5.41, 5.74) is -0.927. The highest BCUT2D eigenvalue weighted by Crippen LogP contribution is 2.31. The summed E-state index contributed by atoms with van der Waals surface area (Å²) < 4.78 is 102. The van der Waals surface area contributed by atoms with Gasteiger partial charge in [-0.1, -0.05) is 12.1 Å². The van der Waals surface area contributed by atoms with Crippen LogP contribution in [0.2, 0.25) is 0 Å². The molecule has 1 aromatic heterocycles. The Balaban J connectivity index is 1.78. The Labute approximate surface area is 205 Å². The molecule has 1 aliphatic rings. The predicted octanol–water partition coefficient (Wildman–Crippen LogP) is 2.27. The van der Waals surface area contributed by atoms with Crippen LogP contribution in [-0.4, -0.2) is 58.6 Å². The van der Waals surface area contributed by atoms with Crippen LogP contribution in [0.25, 0.3) is 0 Å². The SMILES string of the molecule is CC(C(=O)NCc1ccc(C(F)(F)F)nc1N1CCS(=O)(=O)CC1)c1ccc(NS(C)(=O)=O)c(F)c1. The van der Waals surface area contributed by atoms with E-state index < -0.39 is 49.4 Å². The molecule has 0 spiro atoms. The molecule has 1 aromatic carbocycles. The number of hydrogen-bond acceptors (Lipinski definition) is 7. The van der Waals surface area contributed by atoms with Crippen molar-refractivity contribution in [2.24, 2.45) is 0 Å². The van der Waals surface area contributed by atoms with Gasteiger partial charge in [-0.15, -0.1) is 0 Å².